The van der Waals surface area contributed by atoms with Gasteiger partial charge in [-0.05, 0) is 46.6 Å². The molecule has 0 radical (unpaired) electrons. The maximum atomic E-state index is 11.9. The van der Waals surface area contributed by atoms with E-state index >= 15 is 0 Å². The maximum absolute atomic E-state index is 11.9. The summed E-state index contributed by atoms with van der Waals surface area (Å²) in [4.78, 5) is 14.3. The molecule has 0 aliphatic heterocycles. The molecule has 0 spiro atoms. The number of hydrogen-bond acceptors (Lipinski definition) is 2. The number of carbonyl (C=O) groups is 1. The van der Waals surface area contributed by atoms with Crippen molar-refractivity contribution in [3.63, 3.8) is 0 Å². The molecule has 1 amide bonds. The number of nitrogens with one attached hydrogen (secondary N) is 1. The van der Waals surface area contributed by atoms with Gasteiger partial charge >= 0.3 is 0 Å². The van der Waals surface area contributed by atoms with Crippen molar-refractivity contribution in [2.24, 2.45) is 0 Å². The van der Waals surface area contributed by atoms with Crippen LogP contribution in [0.5, 0.6) is 0 Å². The highest BCUT2D eigenvalue weighted by molar-refractivity contribution is 5.76. The van der Waals surface area contributed by atoms with Crippen LogP contribution < -0.4 is 5.32 Å². The normalized spacial score (nSPS) is 11.4. The van der Waals surface area contributed by atoms with Crippen LogP contribution in [0.3, 0.4) is 0 Å². The van der Waals surface area contributed by atoms with Crippen molar-refractivity contribution < 1.29 is 4.79 Å². The zero-order valence-corrected chi connectivity index (χ0v) is 14.1. The molecule has 0 unspecified atom stereocenters. The Morgan fingerprint density at radius 1 is 1.10 bits per heavy atom. The first-order valence-electron chi connectivity index (χ1n) is 7.98. The van der Waals surface area contributed by atoms with E-state index in [0.29, 0.717) is 18.5 Å². The second-order valence-electron chi connectivity index (χ2n) is 6.26. The molecule has 1 aromatic rings. The second-order valence-corrected chi connectivity index (χ2v) is 6.26. The molecule has 1 aromatic carbocycles. The zero-order chi connectivity index (χ0) is 15.8. The van der Waals surface area contributed by atoms with E-state index in [2.05, 4.69) is 69.1 Å². The van der Waals surface area contributed by atoms with Crippen LogP contribution in [0.1, 0.15) is 45.2 Å². The number of carbonyl (C=O) groups excluding carboxylic acids is 1. The van der Waals surface area contributed by atoms with Crippen LogP contribution in [0, 0.1) is 6.92 Å². The average Bonchev–Trinajstić information content (AvgIpc) is 2.42. The van der Waals surface area contributed by atoms with Crippen LogP contribution in [-0.2, 0) is 11.2 Å². The lowest BCUT2D eigenvalue weighted by molar-refractivity contribution is -0.121. The van der Waals surface area contributed by atoms with Crippen LogP contribution in [0.15, 0.2) is 24.3 Å². The van der Waals surface area contributed by atoms with Gasteiger partial charge in [-0.15, -0.1) is 0 Å². The highest BCUT2D eigenvalue weighted by Gasteiger charge is 2.12. The van der Waals surface area contributed by atoms with E-state index in [0.717, 1.165) is 19.5 Å². The van der Waals surface area contributed by atoms with Crippen LogP contribution in [-0.4, -0.2) is 36.0 Å². The Morgan fingerprint density at radius 3 is 2.19 bits per heavy atom. The van der Waals surface area contributed by atoms with Gasteiger partial charge in [-0.1, -0.05) is 29.8 Å². The number of hydrogen-bond donors (Lipinski definition) is 1. The molecule has 0 saturated heterocycles. The predicted molar refractivity (Wildman–Crippen MR) is 89.5 cm³/mol. The van der Waals surface area contributed by atoms with Crippen molar-refractivity contribution in [2.45, 2.75) is 59.5 Å². The summed E-state index contributed by atoms with van der Waals surface area (Å²) in [6.07, 6.45) is 1.37. The van der Waals surface area contributed by atoms with Gasteiger partial charge in [-0.3, -0.25) is 9.69 Å². The van der Waals surface area contributed by atoms with E-state index in [1.807, 2.05) is 0 Å². The first kappa shape index (κ1) is 17.7. The second kappa shape index (κ2) is 8.83. The number of benzene rings is 1. The van der Waals surface area contributed by atoms with Crippen LogP contribution in [0.2, 0.25) is 0 Å². The fraction of sp³-hybridized carbons (Fsp3) is 0.611. The largest absolute Gasteiger partial charge is 0.355 e. The zero-order valence-electron chi connectivity index (χ0n) is 14.1. The molecule has 0 aliphatic carbocycles. The molecule has 1 N–H and O–H groups in total. The van der Waals surface area contributed by atoms with Crippen LogP contribution in [0.25, 0.3) is 0 Å². The summed E-state index contributed by atoms with van der Waals surface area (Å²) in [5.74, 6) is 0.142. The minimum atomic E-state index is 0.142. The van der Waals surface area contributed by atoms with Gasteiger partial charge in [-0.2, -0.15) is 0 Å². The third-order valence-electron chi connectivity index (χ3n) is 3.78. The summed E-state index contributed by atoms with van der Waals surface area (Å²) >= 11 is 0. The van der Waals surface area contributed by atoms with Crippen LogP contribution >= 0.6 is 0 Å². The van der Waals surface area contributed by atoms with Crippen molar-refractivity contribution in [1.82, 2.24) is 10.2 Å². The van der Waals surface area contributed by atoms with E-state index in [1.54, 1.807) is 0 Å². The molecule has 0 aliphatic rings. The molecule has 0 heterocycles. The Hall–Kier alpha value is -1.35. The van der Waals surface area contributed by atoms with E-state index in [9.17, 15) is 4.79 Å². The molecule has 118 valence electrons. The molecule has 3 nitrogen and oxygen atoms in total. The molecule has 3 heteroatoms. The maximum Gasteiger partial charge on any atom is 0.220 e. The molecule has 1 rings (SSSR count). The minimum Gasteiger partial charge on any atom is -0.355 e. The topological polar surface area (TPSA) is 32.3 Å². The fourth-order valence-corrected chi connectivity index (χ4v) is 2.54. The third-order valence-corrected chi connectivity index (χ3v) is 3.78. The smallest absolute Gasteiger partial charge is 0.220 e. The number of nitrogens with zero attached hydrogens (tertiary/aromatic N) is 1. The van der Waals surface area contributed by atoms with Crippen molar-refractivity contribution in [3.8, 4) is 0 Å². The predicted octanol–water partition coefficient (Wildman–Crippen LogP) is 3.16. The summed E-state index contributed by atoms with van der Waals surface area (Å²) < 4.78 is 0. The van der Waals surface area contributed by atoms with Crippen molar-refractivity contribution in [1.29, 1.82) is 0 Å². The van der Waals surface area contributed by atoms with Gasteiger partial charge in [-0.25, -0.2) is 0 Å². The van der Waals surface area contributed by atoms with Crippen molar-refractivity contribution in [2.75, 3.05) is 13.1 Å². The first-order chi connectivity index (χ1) is 9.90. The lowest BCUT2D eigenvalue weighted by atomic mass is 10.1. The van der Waals surface area contributed by atoms with E-state index in [4.69, 9.17) is 0 Å². The Morgan fingerprint density at radius 2 is 1.67 bits per heavy atom. The number of amides is 1. The van der Waals surface area contributed by atoms with E-state index in [-0.39, 0.29) is 5.91 Å². The van der Waals surface area contributed by atoms with Gasteiger partial charge in [0.05, 0.1) is 0 Å². The number of rotatable bonds is 8. The third kappa shape index (κ3) is 6.76. The Bertz CT molecular complexity index is 415. The Balaban J connectivity index is 2.26. The lowest BCUT2D eigenvalue weighted by Crippen LogP contribution is -2.42. The molecular weight excluding hydrogens is 260 g/mol. The summed E-state index contributed by atoms with van der Waals surface area (Å²) in [6.45, 7) is 12.5. The molecular formula is C18H30N2O. The number of aryl methyl sites for hydroxylation is 2. The molecule has 21 heavy (non-hydrogen) atoms. The quantitative estimate of drug-likeness (QED) is 0.797. The van der Waals surface area contributed by atoms with Gasteiger partial charge in [0.15, 0.2) is 0 Å². The van der Waals surface area contributed by atoms with Gasteiger partial charge < -0.3 is 5.32 Å². The molecule has 0 saturated carbocycles. The van der Waals surface area contributed by atoms with Crippen LogP contribution in [0.4, 0.5) is 0 Å². The first-order valence-corrected chi connectivity index (χ1v) is 7.98. The Labute approximate surface area is 129 Å². The van der Waals surface area contributed by atoms with Crippen molar-refractivity contribution in [3.05, 3.63) is 35.4 Å². The van der Waals surface area contributed by atoms with Gasteiger partial charge in [0.1, 0.15) is 0 Å². The molecule has 0 aromatic heterocycles. The summed E-state index contributed by atoms with van der Waals surface area (Å²) in [5.41, 5.74) is 2.48. The lowest BCUT2D eigenvalue weighted by Gasteiger charge is -2.30. The summed E-state index contributed by atoms with van der Waals surface area (Å²) in [7, 11) is 0. The average molecular weight is 290 g/mol. The standard InChI is InChI=1S/C18H30N2O/c1-14(2)20(15(3)4)13-12-19-18(21)11-10-17-8-6-16(5)7-9-17/h6-9,14-15H,10-13H2,1-5H3,(H,19,21). The van der Waals surface area contributed by atoms with E-state index < -0.39 is 0 Å². The van der Waals surface area contributed by atoms with Gasteiger partial charge in [0, 0.05) is 31.6 Å². The van der Waals surface area contributed by atoms with Gasteiger partial charge in [0.25, 0.3) is 0 Å². The van der Waals surface area contributed by atoms with E-state index in [1.165, 1.54) is 11.1 Å². The monoisotopic (exact) mass is 290 g/mol. The molecule has 0 atom stereocenters. The highest BCUT2D eigenvalue weighted by Crippen LogP contribution is 2.06. The van der Waals surface area contributed by atoms with Gasteiger partial charge in [0.2, 0.25) is 5.91 Å². The fourth-order valence-electron chi connectivity index (χ4n) is 2.54. The Kier molecular flexibility index (Phi) is 7.44. The summed E-state index contributed by atoms with van der Waals surface area (Å²) in [5, 5.41) is 3.02. The summed E-state index contributed by atoms with van der Waals surface area (Å²) in [6, 6.07) is 9.40. The highest BCUT2D eigenvalue weighted by atomic mass is 16.1. The molecule has 0 bridgehead atoms. The minimum absolute atomic E-state index is 0.142. The SMILES string of the molecule is Cc1ccc(CCC(=O)NCCN(C(C)C)C(C)C)cc1. The van der Waals surface area contributed by atoms with Crippen molar-refractivity contribution >= 4 is 5.91 Å². The molecule has 0 fully saturated rings.